The summed E-state index contributed by atoms with van der Waals surface area (Å²) >= 11 is 0. The third-order valence-electron chi connectivity index (χ3n) is 3.45. The molecule has 0 unspecified atom stereocenters. The second kappa shape index (κ2) is 6.50. The van der Waals surface area contributed by atoms with Crippen molar-refractivity contribution in [3.05, 3.63) is 30.1 Å². The van der Waals surface area contributed by atoms with Crippen molar-refractivity contribution in [1.82, 2.24) is 15.2 Å². The lowest BCUT2D eigenvalue weighted by molar-refractivity contribution is -0.134. The van der Waals surface area contributed by atoms with E-state index in [2.05, 4.69) is 10.3 Å². The lowest BCUT2D eigenvalue weighted by atomic mass is 9.98. The van der Waals surface area contributed by atoms with Gasteiger partial charge in [0, 0.05) is 38.4 Å². The highest BCUT2D eigenvalue weighted by Crippen LogP contribution is 2.12. The van der Waals surface area contributed by atoms with Crippen molar-refractivity contribution in [3.63, 3.8) is 0 Å². The van der Waals surface area contributed by atoms with Crippen molar-refractivity contribution in [2.24, 2.45) is 5.92 Å². The lowest BCUT2D eigenvalue weighted by Crippen LogP contribution is -2.42. The molecule has 0 radical (unpaired) electrons. The first-order valence-electron chi connectivity index (χ1n) is 6.63. The minimum atomic E-state index is 0.160. The Hall–Kier alpha value is -1.42. The highest BCUT2D eigenvalue weighted by Gasteiger charge is 2.23. The second-order valence-electron chi connectivity index (χ2n) is 4.87. The number of rotatable bonds is 4. The van der Waals surface area contributed by atoms with Crippen molar-refractivity contribution in [3.8, 4) is 0 Å². The van der Waals surface area contributed by atoms with Crippen molar-refractivity contribution in [2.75, 3.05) is 26.7 Å². The molecule has 1 aromatic rings. The molecular formula is C14H21N3O. The summed E-state index contributed by atoms with van der Waals surface area (Å²) in [6.07, 6.45) is 4.73. The third-order valence-corrected chi connectivity index (χ3v) is 3.45. The first-order chi connectivity index (χ1) is 8.77. The molecule has 0 aromatic carbocycles. The van der Waals surface area contributed by atoms with Crippen LogP contribution in [0.2, 0.25) is 0 Å². The number of carbonyl (C=O) groups excluding carboxylic acids is 1. The van der Waals surface area contributed by atoms with Crippen LogP contribution in [0.3, 0.4) is 0 Å². The van der Waals surface area contributed by atoms with E-state index in [9.17, 15) is 4.79 Å². The number of carbonyl (C=O) groups is 1. The molecule has 18 heavy (non-hydrogen) atoms. The third kappa shape index (κ3) is 3.53. The predicted octanol–water partition coefficient (Wildman–Crippen LogP) is 1.08. The summed E-state index contributed by atoms with van der Waals surface area (Å²) in [5.41, 5.74) is 1.04. The summed E-state index contributed by atoms with van der Waals surface area (Å²) in [5, 5.41) is 3.28. The zero-order valence-corrected chi connectivity index (χ0v) is 10.9. The zero-order valence-electron chi connectivity index (χ0n) is 10.9. The van der Waals surface area contributed by atoms with Gasteiger partial charge in [-0.1, -0.05) is 6.07 Å². The maximum absolute atomic E-state index is 12.2. The van der Waals surface area contributed by atoms with E-state index < -0.39 is 0 Å². The summed E-state index contributed by atoms with van der Waals surface area (Å²) in [5.74, 6) is 0.422. The summed E-state index contributed by atoms with van der Waals surface area (Å²) < 4.78 is 0. The highest BCUT2D eigenvalue weighted by atomic mass is 16.2. The topological polar surface area (TPSA) is 45.2 Å². The van der Waals surface area contributed by atoms with E-state index in [1.165, 1.54) is 0 Å². The van der Waals surface area contributed by atoms with Crippen LogP contribution in [0.1, 0.15) is 18.5 Å². The van der Waals surface area contributed by atoms with Gasteiger partial charge in [-0.15, -0.1) is 0 Å². The molecule has 2 heterocycles. The minimum Gasteiger partial charge on any atom is -0.345 e. The number of nitrogens with zero attached hydrogens (tertiary/aromatic N) is 2. The van der Waals surface area contributed by atoms with Gasteiger partial charge in [-0.25, -0.2) is 0 Å². The van der Waals surface area contributed by atoms with Crippen LogP contribution >= 0.6 is 0 Å². The van der Waals surface area contributed by atoms with Gasteiger partial charge in [0.25, 0.3) is 0 Å². The summed E-state index contributed by atoms with van der Waals surface area (Å²) in [7, 11) is 1.89. The molecule has 1 aliphatic heterocycles. The fraction of sp³-hybridized carbons (Fsp3) is 0.571. The van der Waals surface area contributed by atoms with E-state index in [1.54, 1.807) is 6.20 Å². The number of hydrogen-bond acceptors (Lipinski definition) is 3. The predicted molar refractivity (Wildman–Crippen MR) is 71.2 cm³/mol. The number of aromatic nitrogens is 1. The molecule has 98 valence electrons. The van der Waals surface area contributed by atoms with Crippen LogP contribution in [0.5, 0.6) is 0 Å². The normalized spacial score (nSPS) is 19.5. The Morgan fingerprint density at radius 2 is 2.44 bits per heavy atom. The average molecular weight is 247 g/mol. The van der Waals surface area contributed by atoms with E-state index in [0.717, 1.165) is 44.6 Å². The number of piperidine rings is 1. The zero-order chi connectivity index (χ0) is 12.8. The molecule has 2 rings (SSSR count). The van der Waals surface area contributed by atoms with Crippen LogP contribution in [-0.2, 0) is 11.2 Å². The SMILES string of the molecule is CN(CCc1ccccn1)C(=O)[C@H]1CCCNC1. The Bertz CT molecular complexity index is 374. The van der Waals surface area contributed by atoms with Crippen LogP contribution in [0.15, 0.2) is 24.4 Å². The monoisotopic (exact) mass is 247 g/mol. The molecule has 1 N–H and O–H groups in total. The van der Waals surface area contributed by atoms with Crippen molar-refractivity contribution in [1.29, 1.82) is 0 Å². The fourth-order valence-corrected chi connectivity index (χ4v) is 2.31. The summed E-state index contributed by atoms with van der Waals surface area (Å²) in [6, 6.07) is 5.89. The van der Waals surface area contributed by atoms with Gasteiger partial charge in [-0.3, -0.25) is 9.78 Å². The second-order valence-corrected chi connectivity index (χ2v) is 4.87. The van der Waals surface area contributed by atoms with Crippen LogP contribution in [0, 0.1) is 5.92 Å². The Morgan fingerprint density at radius 1 is 1.56 bits per heavy atom. The maximum Gasteiger partial charge on any atom is 0.226 e. The van der Waals surface area contributed by atoms with Crippen molar-refractivity contribution >= 4 is 5.91 Å². The van der Waals surface area contributed by atoms with E-state index >= 15 is 0 Å². The molecule has 4 nitrogen and oxygen atoms in total. The number of nitrogens with one attached hydrogen (secondary N) is 1. The van der Waals surface area contributed by atoms with Crippen LogP contribution in [0.25, 0.3) is 0 Å². The fourth-order valence-electron chi connectivity index (χ4n) is 2.31. The Morgan fingerprint density at radius 3 is 3.11 bits per heavy atom. The van der Waals surface area contributed by atoms with Gasteiger partial charge in [-0.05, 0) is 31.5 Å². The molecule has 1 fully saturated rings. The van der Waals surface area contributed by atoms with Gasteiger partial charge >= 0.3 is 0 Å². The molecular weight excluding hydrogens is 226 g/mol. The molecule has 0 saturated carbocycles. The summed E-state index contributed by atoms with van der Waals surface area (Å²) in [4.78, 5) is 18.3. The first-order valence-corrected chi connectivity index (χ1v) is 6.63. The lowest BCUT2D eigenvalue weighted by Gasteiger charge is -2.26. The van der Waals surface area contributed by atoms with Gasteiger partial charge < -0.3 is 10.2 Å². The molecule has 0 aliphatic carbocycles. The van der Waals surface area contributed by atoms with Crippen LogP contribution in [-0.4, -0.2) is 42.5 Å². The first kappa shape index (κ1) is 13.0. The van der Waals surface area contributed by atoms with E-state index in [0.29, 0.717) is 0 Å². The van der Waals surface area contributed by atoms with Gasteiger partial charge in [-0.2, -0.15) is 0 Å². The van der Waals surface area contributed by atoms with Crippen molar-refractivity contribution < 1.29 is 4.79 Å². The van der Waals surface area contributed by atoms with Crippen molar-refractivity contribution in [2.45, 2.75) is 19.3 Å². The molecule has 0 spiro atoms. The Labute approximate surface area is 108 Å². The molecule has 1 atom stereocenters. The maximum atomic E-state index is 12.2. The van der Waals surface area contributed by atoms with E-state index in [1.807, 2.05) is 30.1 Å². The Balaban J connectivity index is 1.80. The van der Waals surface area contributed by atoms with Crippen LogP contribution in [0.4, 0.5) is 0 Å². The van der Waals surface area contributed by atoms with Crippen LogP contribution < -0.4 is 5.32 Å². The quantitative estimate of drug-likeness (QED) is 0.866. The number of likely N-dealkylation sites (N-methyl/N-ethyl adjacent to an activating group) is 1. The average Bonchev–Trinajstić information content (AvgIpc) is 2.46. The number of amides is 1. The number of hydrogen-bond donors (Lipinski definition) is 1. The smallest absolute Gasteiger partial charge is 0.226 e. The standard InChI is InChI=1S/C14H21N3O/c1-17(10-7-13-6-2-3-9-16-13)14(18)12-5-4-8-15-11-12/h2-3,6,9,12,15H,4-5,7-8,10-11H2,1H3/t12-/m0/s1. The largest absolute Gasteiger partial charge is 0.345 e. The molecule has 0 bridgehead atoms. The van der Waals surface area contributed by atoms with Gasteiger partial charge in [0.15, 0.2) is 0 Å². The van der Waals surface area contributed by atoms with E-state index in [-0.39, 0.29) is 11.8 Å². The van der Waals surface area contributed by atoms with Gasteiger partial charge in [0.05, 0.1) is 5.92 Å². The van der Waals surface area contributed by atoms with Gasteiger partial charge in [0.1, 0.15) is 0 Å². The van der Waals surface area contributed by atoms with Gasteiger partial charge in [0.2, 0.25) is 5.91 Å². The van der Waals surface area contributed by atoms with E-state index in [4.69, 9.17) is 0 Å². The minimum absolute atomic E-state index is 0.160. The molecule has 1 aromatic heterocycles. The molecule has 1 aliphatic rings. The Kier molecular flexibility index (Phi) is 4.70. The molecule has 4 heteroatoms. The molecule has 1 amide bonds. The number of pyridine rings is 1. The highest BCUT2D eigenvalue weighted by molar-refractivity contribution is 5.78. The summed E-state index contributed by atoms with van der Waals surface area (Å²) in [6.45, 7) is 2.61. The molecule has 1 saturated heterocycles.